The fourth-order valence-corrected chi connectivity index (χ4v) is 2.51. The summed E-state index contributed by atoms with van der Waals surface area (Å²) in [6.45, 7) is 1.90. The summed E-state index contributed by atoms with van der Waals surface area (Å²) in [5, 5.41) is 5.03. The van der Waals surface area contributed by atoms with Crippen LogP contribution >= 0.6 is 23.7 Å². The molecule has 2 rings (SSSR count). The molecule has 0 aliphatic carbocycles. The highest BCUT2D eigenvalue weighted by atomic mass is 35.5. The number of carbonyl (C=O) groups is 1. The fourth-order valence-electron chi connectivity index (χ4n) is 1.80. The Labute approximate surface area is 144 Å². The minimum Gasteiger partial charge on any atom is -0.497 e. The molecular formula is C14H18ClN5O2S. The highest BCUT2D eigenvalue weighted by Gasteiger charge is 2.09. The van der Waals surface area contributed by atoms with Gasteiger partial charge in [0.25, 0.3) is 0 Å². The zero-order valence-electron chi connectivity index (χ0n) is 12.7. The highest BCUT2D eigenvalue weighted by molar-refractivity contribution is 7.13. The fraction of sp³-hybridized carbons (Fsp3) is 0.214. The third-order valence-electron chi connectivity index (χ3n) is 2.81. The second kappa shape index (κ2) is 8.35. The quantitative estimate of drug-likeness (QED) is 0.560. The van der Waals surface area contributed by atoms with Gasteiger partial charge in [0.1, 0.15) is 5.75 Å². The lowest BCUT2D eigenvalue weighted by Gasteiger charge is -2.09. The molecule has 0 aliphatic rings. The number of guanidine groups is 1. The third kappa shape index (κ3) is 5.42. The van der Waals surface area contributed by atoms with Crippen molar-refractivity contribution in [3.8, 4) is 5.75 Å². The molecule has 0 aliphatic heterocycles. The lowest BCUT2D eigenvalue weighted by atomic mass is 10.2. The van der Waals surface area contributed by atoms with E-state index in [1.165, 1.54) is 11.3 Å². The van der Waals surface area contributed by atoms with E-state index >= 15 is 0 Å². The molecule has 0 fully saturated rings. The number of aryl methyl sites for hydroxylation is 1. The van der Waals surface area contributed by atoms with Gasteiger partial charge < -0.3 is 21.5 Å². The van der Waals surface area contributed by atoms with Crippen molar-refractivity contribution in [2.75, 3.05) is 12.4 Å². The molecule has 5 N–H and O–H groups in total. The van der Waals surface area contributed by atoms with E-state index in [1.54, 1.807) is 24.6 Å². The number of rotatable bonds is 5. The molecule has 0 atom stereocenters. The number of hydrogen-bond acceptors (Lipinski definition) is 5. The Bertz CT molecular complexity index is 713. The van der Waals surface area contributed by atoms with Crippen molar-refractivity contribution in [1.82, 2.24) is 4.98 Å². The SMILES string of the molecule is COc1ccc(NC(=O)Cc2csc(N=C(N)N)n2)c(C)c1.Cl. The van der Waals surface area contributed by atoms with Gasteiger partial charge >= 0.3 is 0 Å². The maximum Gasteiger partial charge on any atom is 0.230 e. The normalized spacial score (nSPS) is 9.65. The molecule has 1 aromatic carbocycles. The lowest BCUT2D eigenvalue weighted by molar-refractivity contribution is -0.115. The number of amides is 1. The van der Waals surface area contributed by atoms with Gasteiger partial charge in [-0.25, -0.2) is 4.98 Å². The van der Waals surface area contributed by atoms with E-state index < -0.39 is 0 Å². The van der Waals surface area contributed by atoms with Crippen molar-refractivity contribution in [3.05, 3.63) is 34.8 Å². The van der Waals surface area contributed by atoms with Crippen molar-refractivity contribution in [3.63, 3.8) is 0 Å². The average molecular weight is 356 g/mol. The van der Waals surface area contributed by atoms with Crippen molar-refractivity contribution in [2.24, 2.45) is 16.5 Å². The molecule has 9 heteroatoms. The summed E-state index contributed by atoms with van der Waals surface area (Å²) in [4.78, 5) is 20.1. The molecule has 0 saturated carbocycles. The smallest absolute Gasteiger partial charge is 0.230 e. The zero-order chi connectivity index (χ0) is 16.1. The first-order chi connectivity index (χ1) is 10.5. The molecule has 1 amide bonds. The lowest BCUT2D eigenvalue weighted by Crippen LogP contribution is -2.21. The van der Waals surface area contributed by atoms with Crippen LogP contribution in [0.1, 0.15) is 11.3 Å². The van der Waals surface area contributed by atoms with E-state index in [0.717, 1.165) is 17.0 Å². The van der Waals surface area contributed by atoms with E-state index in [9.17, 15) is 4.79 Å². The Hall–Kier alpha value is -2.32. The van der Waals surface area contributed by atoms with Crippen LogP contribution in [0.4, 0.5) is 10.8 Å². The van der Waals surface area contributed by atoms with E-state index in [2.05, 4.69) is 15.3 Å². The van der Waals surface area contributed by atoms with Crippen molar-refractivity contribution < 1.29 is 9.53 Å². The van der Waals surface area contributed by atoms with Gasteiger partial charge in [-0.1, -0.05) is 0 Å². The van der Waals surface area contributed by atoms with Gasteiger partial charge in [0.15, 0.2) is 5.96 Å². The van der Waals surface area contributed by atoms with Crippen LogP contribution in [0.25, 0.3) is 0 Å². The Kier molecular flexibility index (Phi) is 6.80. The zero-order valence-corrected chi connectivity index (χ0v) is 14.3. The van der Waals surface area contributed by atoms with Gasteiger partial charge in [-0.3, -0.25) is 4.79 Å². The Morgan fingerprint density at radius 2 is 2.17 bits per heavy atom. The number of hydrogen-bond donors (Lipinski definition) is 3. The Morgan fingerprint density at radius 1 is 1.43 bits per heavy atom. The van der Waals surface area contributed by atoms with E-state index in [4.69, 9.17) is 16.2 Å². The third-order valence-corrected chi connectivity index (χ3v) is 3.60. The number of carbonyl (C=O) groups excluding carboxylic acids is 1. The predicted octanol–water partition coefficient (Wildman–Crippen LogP) is 1.97. The van der Waals surface area contributed by atoms with Gasteiger partial charge in [-0.2, -0.15) is 4.99 Å². The number of ether oxygens (including phenoxy) is 1. The first-order valence-electron chi connectivity index (χ1n) is 6.46. The van der Waals surface area contributed by atoms with Crippen LogP contribution < -0.4 is 21.5 Å². The maximum absolute atomic E-state index is 12.1. The standard InChI is InChI=1S/C14H17N5O2S.ClH/c1-8-5-10(21-2)3-4-11(8)18-12(20)6-9-7-22-14(17-9)19-13(15)16;/h3-5,7H,6H2,1-2H3,(H,18,20)(H4,15,16,17,19);1H. The molecule has 2 aromatic rings. The number of methoxy groups -OCH3 is 1. The maximum atomic E-state index is 12.1. The minimum absolute atomic E-state index is 0. The van der Waals surface area contributed by atoms with Crippen molar-refractivity contribution in [1.29, 1.82) is 0 Å². The summed E-state index contributed by atoms with van der Waals surface area (Å²) in [6.07, 6.45) is 0.155. The summed E-state index contributed by atoms with van der Waals surface area (Å²) in [5.41, 5.74) is 12.8. The number of halogens is 1. The van der Waals surface area contributed by atoms with Gasteiger partial charge in [-0.15, -0.1) is 23.7 Å². The molecule has 0 saturated heterocycles. The van der Waals surface area contributed by atoms with Gasteiger partial charge in [0.2, 0.25) is 11.0 Å². The Morgan fingerprint density at radius 3 is 2.78 bits per heavy atom. The minimum atomic E-state index is -0.158. The van der Waals surface area contributed by atoms with Crippen molar-refractivity contribution >= 4 is 46.4 Å². The molecule has 0 spiro atoms. The molecule has 124 valence electrons. The number of nitrogens with zero attached hydrogens (tertiary/aromatic N) is 2. The molecule has 0 bridgehead atoms. The number of benzene rings is 1. The number of aromatic nitrogens is 1. The second-order valence-corrected chi connectivity index (χ2v) is 5.40. The summed E-state index contributed by atoms with van der Waals surface area (Å²) in [7, 11) is 1.60. The number of nitrogens with one attached hydrogen (secondary N) is 1. The van der Waals surface area contributed by atoms with Crippen LogP contribution in [0.5, 0.6) is 5.75 Å². The molecule has 0 radical (unpaired) electrons. The summed E-state index contributed by atoms with van der Waals surface area (Å²) >= 11 is 1.28. The predicted molar refractivity (Wildman–Crippen MR) is 94.9 cm³/mol. The van der Waals surface area contributed by atoms with E-state index in [-0.39, 0.29) is 30.7 Å². The van der Waals surface area contributed by atoms with Crippen LogP contribution in [-0.4, -0.2) is 24.0 Å². The van der Waals surface area contributed by atoms with Crippen LogP contribution in [0.3, 0.4) is 0 Å². The number of nitrogens with two attached hydrogens (primary N) is 2. The van der Waals surface area contributed by atoms with Crippen LogP contribution in [0, 0.1) is 6.92 Å². The van der Waals surface area contributed by atoms with E-state index in [0.29, 0.717) is 10.8 Å². The van der Waals surface area contributed by atoms with Gasteiger partial charge in [-0.05, 0) is 30.7 Å². The summed E-state index contributed by atoms with van der Waals surface area (Å²) < 4.78 is 5.13. The summed E-state index contributed by atoms with van der Waals surface area (Å²) in [6, 6.07) is 5.45. The average Bonchev–Trinajstić information content (AvgIpc) is 2.87. The molecular weight excluding hydrogens is 338 g/mol. The van der Waals surface area contributed by atoms with Crippen LogP contribution in [-0.2, 0) is 11.2 Å². The Balaban J connectivity index is 0.00000264. The number of aliphatic imine (C=N–C) groups is 1. The van der Waals surface area contributed by atoms with Gasteiger partial charge in [0, 0.05) is 11.1 Å². The number of anilines is 1. The summed E-state index contributed by atoms with van der Waals surface area (Å²) in [5.74, 6) is 0.533. The van der Waals surface area contributed by atoms with Gasteiger partial charge in [0.05, 0.1) is 19.2 Å². The molecule has 7 nitrogen and oxygen atoms in total. The molecule has 1 aromatic heterocycles. The monoisotopic (exact) mass is 355 g/mol. The second-order valence-electron chi connectivity index (χ2n) is 4.56. The van der Waals surface area contributed by atoms with E-state index in [1.807, 2.05) is 13.0 Å². The highest BCUT2D eigenvalue weighted by Crippen LogP contribution is 2.22. The molecule has 23 heavy (non-hydrogen) atoms. The largest absolute Gasteiger partial charge is 0.497 e. The number of thiazole rings is 1. The van der Waals surface area contributed by atoms with Crippen LogP contribution in [0.15, 0.2) is 28.6 Å². The van der Waals surface area contributed by atoms with Crippen LogP contribution in [0.2, 0.25) is 0 Å². The molecule has 1 heterocycles. The van der Waals surface area contributed by atoms with Crippen molar-refractivity contribution in [2.45, 2.75) is 13.3 Å². The topological polar surface area (TPSA) is 116 Å². The first-order valence-corrected chi connectivity index (χ1v) is 7.34. The molecule has 0 unspecified atom stereocenters. The first kappa shape index (κ1) is 18.7.